The first-order chi connectivity index (χ1) is 12.3. The molecular formula is C23H33NO. The first-order valence-electron chi connectivity index (χ1n) is 9.47. The molecule has 1 aromatic carbocycles. The van der Waals surface area contributed by atoms with Crippen molar-refractivity contribution in [1.29, 1.82) is 0 Å². The lowest BCUT2D eigenvalue weighted by molar-refractivity contribution is -0.118. The molecule has 136 valence electrons. The molecular weight excluding hydrogens is 306 g/mol. The van der Waals surface area contributed by atoms with Crippen molar-refractivity contribution >= 4 is 6.41 Å². The molecule has 0 N–H and O–H groups in total. The largest absolute Gasteiger partial charge is 0.345 e. The monoisotopic (exact) mass is 339 g/mol. The second kappa shape index (κ2) is 13.2. The van der Waals surface area contributed by atoms with Gasteiger partial charge in [-0.15, -0.1) is 6.58 Å². The van der Waals surface area contributed by atoms with E-state index in [1.54, 1.807) is 0 Å². The van der Waals surface area contributed by atoms with E-state index < -0.39 is 0 Å². The van der Waals surface area contributed by atoms with Gasteiger partial charge in [-0.3, -0.25) is 4.79 Å². The maximum Gasteiger partial charge on any atom is 0.209 e. The van der Waals surface area contributed by atoms with E-state index in [1.165, 1.54) is 11.1 Å². The van der Waals surface area contributed by atoms with Gasteiger partial charge in [0, 0.05) is 19.0 Å². The van der Waals surface area contributed by atoms with Gasteiger partial charge in [0.15, 0.2) is 0 Å². The molecule has 1 atom stereocenters. The highest BCUT2D eigenvalue weighted by Gasteiger charge is 2.16. The van der Waals surface area contributed by atoms with Crippen LogP contribution in [0.3, 0.4) is 0 Å². The molecule has 1 unspecified atom stereocenters. The quantitative estimate of drug-likeness (QED) is 0.249. The summed E-state index contributed by atoms with van der Waals surface area (Å²) >= 11 is 0. The van der Waals surface area contributed by atoms with Crippen molar-refractivity contribution in [2.24, 2.45) is 0 Å². The minimum atomic E-state index is 0.351. The zero-order valence-electron chi connectivity index (χ0n) is 15.9. The Morgan fingerprint density at radius 1 is 1.20 bits per heavy atom. The molecule has 25 heavy (non-hydrogen) atoms. The van der Waals surface area contributed by atoms with Crippen LogP contribution in [-0.4, -0.2) is 24.4 Å². The number of amides is 1. The van der Waals surface area contributed by atoms with E-state index in [0.29, 0.717) is 5.92 Å². The van der Waals surface area contributed by atoms with Gasteiger partial charge in [0.1, 0.15) is 0 Å². The van der Waals surface area contributed by atoms with Crippen LogP contribution in [0.1, 0.15) is 57.4 Å². The SMILES string of the molecule is C=CC/C=C\C=C(/CC)C(CCN(C=O)CCCC)c1ccccc1. The lowest BCUT2D eigenvalue weighted by atomic mass is 9.86. The summed E-state index contributed by atoms with van der Waals surface area (Å²) in [6.07, 6.45) is 14.4. The second-order valence-corrected chi connectivity index (χ2v) is 6.29. The molecule has 0 radical (unpaired) electrons. The van der Waals surface area contributed by atoms with Crippen LogP contribution in [0.5, 0.6) is 0 Å². The molecule has 1 aromatic rings. The van der Waals surface area contributed by atoms with E-state index in [2.05, 4.69) is 69.0 Å². The Hall–Kier alpha value is -2.09. The Morgan fingerprint density at radius 2 is 1.96 bits per heavy atom. The normalized spacial score (nSPS) is 13.0. The molecule has 0 heterocycles. The maximum absolute atomic E-state index is 11.3. The highest BCUT2D eigenvalue weighted by atomic mass is 16.1. The number of rotatable bonds is 13. The highest BCUT2D eigenvalue weighted by molar-refractivity contribution is 5.47. The average Bonchev–Trinajstić information content (AvgIpc) is 2.66. The first-order valence-corrected chi connectivity index (χ1v) is 9.47. The molecule has 1 rings (SSSR count). The van der Waals surface area contributed by atoms with Crippen molar-refractivity contribution in [3.05, 3.63) is 72.4 Å². The zero-order chi connectivity index (χ0) is 18.3. The van der Waals surface area contributed by atoms with E-state index >= 15 is 0 Å². The lowest BCUT2D eigenvalue weighted by Crippen LogP contribution is -2.26. The van der Waals surface area contributed by atoms with Crippen LogP contribution < -0.4 is 0 Å². The van der Waals surface area contributed by atoms with Gasteiger partial charge in [-0.05, 0) is 31.2 Å². The summed E-state index contributed by atoms with van der Waals surface area (Å²) in [7, 11) is 0. The van der Waals surface area contributed by atoms with Crippen LogP contribution in [0, 0.1) is 0 Å². The van der Waals surface area contributed by atoms with Gasteiger partial charge in [0.05, 0.1) is 0 Å². The van der Waals surface area contributed by atoms with Gasteiger partial charge in [-0.25, -0.2) is 0 Å². The molecule has 0 fully saturated rings. The molecule has 0 aliphatic heterocycles. The van der Waals surface area contributed by atoms with Crippen molar-refractivity contribution in [2.75, 3.05) is 13.1 Å². The summed E-state index contributed by atoms with van der Waals surface area (Å²) in [5, 5.41) is 0. The molecule has 1 amide bonds. The van der Waals surface area contributed by atoms with Gasteiger partial charge < -0.3 is 4.90 Å². The summed E-state index contributed by atoms with van der Waals surface area (Å²) < 4.78 is 0. The van der Waals surface area contributed by atoms with Crippen molar-refractivity contribution in [3.63, 3.8) is 0 Å². The average molecular weight is 340 g/mol. The van der Waals surface area contributed by atoms with E-state index in [4.69, 9.17) is 0 Å². The van der Waals surface area contributed by atoms with Gasteiger partial charge in [0.25, 0.3) is 0 Å². The van der Waals surface area contributed by atoms with Crippen LogP contribution in [0.15, 0.2) is 66.8 Å². The fraction of sp³-hybridized carbons (Fsp3) is 0.435. The number of nitrogens with zero attached hydrogens (tertiary/aromatic N) is 1. The molecule has 0 spiro atoms. The van der Waals surface area contributed by atoms with Crippen LogP contribution in [0.2, 0.25) is 0 Å². The Bertz CT molecular complexity index is 544. The standard InChI is InChI=1S/C23H33NO/c1-4-7-9-11-14-21(6-3)23(22-15-12-10-13-16-22)17-19-24(20-25)18-8-5-2/h4,9-16,20,23H,1,5-8,17-19H2,2-3H3/b11-9-,21-14+. The summed E-state index contributed by atoms with van der Waals surface area (Å²) in [6.45, 7) is 9.77. The van der Waals surface area contributed by atoms with Crippen molar-refractivity contribution in [2.45, 2.75) is 51.9 Å². The molecule has 2 heteroatoms. The molecule has 0 aliphatic rings. The second-order valence-electron chi connectivity index (χ2n) is 6.29. The maximum atomic E-state index is 11.3. The predicted octanol–water partition coefficient (Wildman–Crippen LogP) is 5.89. The molecule has 0 saturated heterocycles. The Morgan fingerprint density at radius 3 is 2.56 bits per heavy atom. The van der Waals surface area contributed by atoms with Crippen molar-refractivity contribution in [3.8, 4) is 0 Å². The van der Waals surface area contributed by atoms with E-state index in [9.17, 15) is 4.79 Å². The summed E-state index contributed by atoms with van der Waals surface area (Å²) in [5.41, 5.74) is 2.74. The van der Waals surface area contributed by atoms with Crippen LogP contribution in [0.25, 0.3) is 0 Å². The lowest BCUT2D eigenvalue weighted by Gasteiger charge is -2.24. The third kappa shape index (κ3) is 8.02. The smallest absolute Gasteiger partial charge is 0.209 e. The number of hydrogen-bond donors (Lipinski definition) is 0. The Labute approximate surface area is 153 Å². The van der Waals surface area contributed by atoms with Gasteiger partial charge >= 0.3 is 0 Å². The van der Waals surface area contributed by atoms with Crippen LogP contribution >= 0.6 is 0 Å². The number of benzene rings is 1. The molecule has 0 saturated carbocycles. The predicted molar refractivity (Wildman–Crippen MR) is 109 cm³/mol. The Balaban J connectivity index is 2.92. The van der Waals surface area contributed by atoms with Crippen LogP contribution in [0.4, 0.5) is 0 Å². The number of carbonyl (C=O) groups is 1. The number of carbonyl (C=O) groups excluding carboxylic acids is 1. The van der Waals surface area contributed by atoms with Gasteiger partial charge in [-0.1, -0.05) is 80.5 Å². The fourth-order valence-corrected chi connectivity index (χ4v) is 2.97. The van der Waals surface area contributed by atoms with E-state index in [0.717, 1.165) is 51.6 Å². The molecule has 0 bridgehead atoms. The van der Waals surface area contributed by atoms with Crippen molar-refractivity contribution in [1.82, 2.24) is 4.90 Å². The third-order valence-corrected chi connectivity index (χ3v) is 4.46. The minimum absolute atomic E-state index is 0.351. The van der Waals surface area contributed by atoms with E-state index in [1.807, 2.05) is 11.0 Å². The molecule has 2 nitrogen and oxygen atoms in total. The van der Waals surface area contributed by atoms with Gasteiger partial charge in [-0.2, -0.15) is 0 Å². The van der Waals surface area contributed by atoms with Crippen LogP contribution in [-0.2, 0) is 4.79 Å². The number of allylic oxidation sites excluding steroid dienone is 5. The summed E-state index contributed by atoms with van der Waals surface area (Å²) in [4.78, 5) is 13.3. The first kappa shape index (κ1) is 21.0. The van der Waals surface area contributed by atoms with Crippen molar-refractivity contribution < 1.29 is 4.79 Å². The minimum Gasteiger partial charge on any atom is -0.345 e. The highest BCUT2D eigenvalue weighted by Crippen LogP contribution is 2.30. The third-order valence-electron chi connectivity index (χ3n) is 4.46. The topological polar surface area (TPSA) is 20.3 Å². The number of hydrogen-bond acceptors (Lipinski definition) is 1. The number of unbranched alkanes of at least 4 members (excludes halogenated alkanes) is 1. The molecule has 0 aromatic heterocycles. The molecule has 0 aliphatic carbocycles. The summed E-state index contributed by atoms with van der Waals surface area (Å²) in [5.74, 6) is 0.351. The zero-order valence-corrected chi connectivity index (χ0v) is 15.9. The van der Waals surface area contributed by atoms with E-state index in [-0.39, 0.29) is 0 Å². The fourth-order valence-electron chi connectivity index (χ4n) is 2.97. The van der Waals surface area contributed by atoms with Gasteiger partial charge in [0.2, 0.25) is 6.41 Å². The summed E-state index contributed by atoms with van der Waals surface area (Å²) in [6, 6.07) is 10.6. The Kier molecular flexibility index (Phi) is 11.1.